The number of aromatic nitrogens is 2. The molecule has 0 spiro atoms. The monoisotopic (exact) mass is 238 g/mol. The molecule has 1 aromatic heterocycles. The molecule has 0 bridgehead atoms. The van der Waals surface area contributed by atoms with Crippen LogP contribution in [0.5, 0.6) is 0 Å². The van der Waals surface area contributed by atoms with Gasteiger partial charge in [-0.15, -0.1) is 0 Å². The first-order valence-electron chi connectivity index (χ1n) is 4.37. The lowest BCUT2D eigenvalue weighted by Crippen LogP contribution is -1.75. The zero-order valence-electron chi connectivity index (χ0n) is 7.74. The summed E-state index contributed by atoms with van der Waals surface area (Å²) in [6.45, 7) is 0. The van der Waals surface area contributed by atoms with Gasteiger partial charge in [0.1, 0.15) is 0 Å². The maximum Gasteiger partial charge on any atom is 0.0924 e. The number of aromatic amines is 1. The molecule has 1 N–H and O–H groups in total. The molecule has 0 aliphatic rings. The van der Waals surface area contributed by atoms with Crippen LogP contribution < -0.4 is 0 Å². The lowest BCUT2D eigenvalue weighted by Gasteiger charge is -1.97. The highest BCUT2D eigenvalue weighted by Crippen LogP contribution is 2.22. The first-order valence-corrected chi connectivity index (χ1v) is 5.13. The van der Waals surface area contributed by atoms with E-state index in [2.05, 4.69) is 9.97 Å². The van der Waals surface area contributed by atoms with E-state index in [0.717, 1.165) is 11.3 Å². The lowest BCUT2D eigenvalue weighted by molar-refractivity contribution is 1.31. The highest BCUT2D eigenvalue weighted by Gasteiger charge is 1.97. The van der Waals surface area contributed by atoms with Crippen molar-refractivity contribution in [3.8, 4) is 0 Å². The van der Waals surface area contributed by atoms with Crippen LogP contribution in [0.2, 0.25) is 10.0 Å². The molecule has 15 heavy (non-hydrogen) atoms. The Morgan fingerprint density at radius 2 is 2.07 bits per heavy atom. The molecule has 1 heterocycles. The average molecular weight is 239 g/mol. The largest absolute Gasteiger partial charge is 0.345 e. The number of rotatable bonds is 2. The normalized spacial score (nSPS) is 11.1. The van der Waals surface area contributed by atoms with Crippen molar-refractivity contribution in [2.45, 2.75) is 0 Å². The molecule has 0 amide bonds. The van der Waals surface area contributed by atoms with Gasteiger partial charge in [0.05, 0.1) is 18.2 Å². The van der Waals surface area contributed by atoms with Crippen molar-refractivity contribution in [3.63, 3.8) is 0 Å². The molecule has 4 heteroatoms. The summed E-state index contributed by atoms with van der Waals surface area (Å²) in [7, 11) is 0. The number of benzene rings is 1. The van der Waals surface area contributed by atoms with Gasteiger partial charge in [0, 0.05) is 10.0 Å². The molecule has 0 atom stereocenters. The van der Waals surface area contributed by atoms with E-state index in [1.807, 2.05) is 18.2 Å². The van der Waals surface area contributed by atoms with Gasteiger partial charge in [-0.25, -0.2) is 4.98 Å². The Balaban J connectivity index is 2.24. The molecule has 0 unspecified atom stereocenters. The van der Waals surface area contributed by atoms with Gasteiger partial charge in [0.2, 0.25) is 0 Å². The number of H-pyrrole nitrogens is 1. The second-order valence-electron chi connectivity index (χ2n) is 3.01. The topological polar surface area (TPSA) is 28.7 Å². The molecule has 0 radical (unpaired) electrons. The molecule has 0 aliphatic carbocycles. The minimum absolute atomic E-state index is 0.637. The number of hydrogen-bond donors (Lipinski definition) is 1. The molecule has 0 aliphatic heterocycles. The van der Waals surface area contributed by atoms with E-state index < -0.39 is 0 Å². The maximum absolute atomic E-state index is 6.01. The van der Waals surface area contributed by atoms with Gasteiger partial charge in [-0.1, -0.05) is 35.3 Å². The van der Waals surface area contributed by atoms with Crippen LogP contribution in [-0.2, 0) is 0 Å². The Kier molecular flexibility index (Phi) is 3.09. The van der Waals surface area contributed by atoms with Crippen molar-refractivity contribution >= 4 is 35.4 Å². The molecule has 2 aromatic rings. The first-order chi connectivity index (χ1) is 7.25. The molecule has 76 valence electrons. The lowest BCUT2D eigenvalue weighted by atomic mass is 10.2. The zero-order chi connectivity index (χ0) is 10.7. The third-order valence-electron chi connectivity index (χ3n) is 1.92. The van der Waals surface area contributed by atoms with Crippen molar-refractivity contribution in [3.05, 3.63) is 52.0 Å². The minimum atomic E-state index is 0.637. The van der Waals surface area contributed by atoms with Gasteiger partial charge in [0.25, 0.3) is 0 Å². The Morgan fingerprint density at radius 3 is 2.73 bits per heavy atom. The van der Waals surface area contributed by atoms with Crippen LogP contribution in [0.15, 0.2) is 30.7 Å². The number of nitrogens with zero attached hydrogens (tertiary/aromatic N) is 1. The van der Waals surface area contributed by atoms with E-state index in [4.69, 9.17) is 23.2 Å². The predicted octanol–water partition coefficient (Wildman–Crippen LogP) is 3.89. The smallest absolute Gasteiger partial charge is 0.0924 e. The molecule has 0 fully saturated rings. The number of imidazole rings is 1. The van der Waals surface area contributed by atoms with Gasteiger partial charge in [0.15, 0.2) is 0 Å². The van der Waals surface area contributed by atoms with E-state index >= 15 is 0 Å². The SMILES string of the molecule is Clc1ccc(/C=C/c2cnc[nH]2)c(Cl)c1. The summed E-state index contributed by atoms with van der Waals surface area (Å²) in [5.74, 6) is 0. The van der Waals surface area contributed by atoms with Crippen LogP contribution >= 0.6 is 23.2 Å². The number of halogens is 2. The Hall–Kier alpha value is -1.25. The average Bonchev–Trinajstić information content (AvgIpc) is 2.69. The highest BCUT2D eigenvalue weighted by molar-refractivity contribution is 6.35. The quantitative estimate of drug-likeness (QED) is 0.846. The van der Waals surface area contributed by atoms with Crippen LogP contribution in [0.3, 0.4) is 0 Å². The van der Waals surface area contributed by atoms with Gasteiger partial charge >= 0.3 is 0 Å². The fourth-order valence-corrected chi connectivity index (χ4v) is 1.65. The third-order valence-corrected chi connectivity index (χ3v) is 2.49. The van der Waals surface area contributed by atoms with Crippen LogP contribution in [-0.4, -0.2) is 9.97 Å². The summed E-state index contributed by atoms with van der Waals surface area (Å²) in [5.41, 5.74) is 1.86. The van der Waals surface area contributed by atoms with Gasteiger partial charge in [-0.2, -0.15) is 0 Å². The molecular weight excluding hydrogens is 231 g/mol. The van der Waals surface area contributed by atoms with Gasteiger partial charge in [-0.05, 0) is 23.8 Å². The predicted molar refractivity (Wildman–Crippen MR) is 64.0 cm³/mol. The van der Waals surface area contributed by atoms with Crippen molar-refractivity contribution in [2.75, 3.05) is 0 Å². The Labute approximate surface area is 97.6 Å². The van der Waals surface area contributed by atoms with E-state index in [1.54, 1.807) is 24.7 Å². The van der Waals surface area contributed by atoms with Crippen molar-refractivity contribution < 1.29 is 0 Å². The second-order valence-corrected chi connectivity index (χ2v) is 3.85. The van der Waals surface area contributed by atoms with E-state index in [-0.39, 0.29) is 0 Å². The molecule has 2 nitrogen and oxygen atoms in total. The minimum Gasteiger partial charge on any atom is -0.345 e. The summed E-state index contributed by atoms with van der Waals surface area (Å²) >= 11 is 11.8. The summed E-state index contributed by atoms with van der Waals surface area (Å²) in [4.78, 5) is 6.88. The van der Waals surface area contributed by atoms with Crippen LogP contribution in [0.4, 0.5) is 0 Å². The fourth-order valence-electron chi connectivity index (χ4n) is 1.17. The summed E-state index contributed by atoms with van der Waals surface area (Å²) in [5, 5.41) is 1.27. The molecule has 2 rings (SSSR count). The fraction of sp³-hybridized carbons (Fsp3) is 0. The van der Waals surface area contributed by atoms with E-state index in [0.29, 0.717) is 10.0 Å². The zero-order valence-corrected chi connectivity index (χ0v) is 9.26. The number of hydrogen-bond acceptors (Lipinski definition) is 1. The maximum atomic E-state index is 6.01. The van der Waals surface area contributed by atoms with Crippen molar-refractivity contribution in [2.24, 2.45) is 0 Å². The van der Waals surface area contributed by atoms with Crippen molar-refractivity contribution in [1.29, 1.82) is 0 Å². The molecule has 0 saturated heterocycles. The molecule has 0 saturated carbocycles. The summed E-state index contributed by atoms with van der Waals surface area (Å²) < 4.78 is 0. The summed E-state index contributed by atoms with van der Waals surface area (Å²) in [6.07, 6.45) is 7.18. The number of nitrogens with one attached hydrogen (secondary N) is 1. The van der Waals surface area contributed by atoms with E-state index in [1.165, 1.54) is 0 Å². The van der Waals surface area contributed by atoms with Crippen LogP contribution in [0.25, 0.3) is 12.2 Å². The van der Waals surface area contributed by atoms with Gasteiger partial charge in [-0.3, -0.25) is 0 Å². The molecule has 1 aromatic carbocycles. The van der Waals surface area contributed by atoms with Gasteiger partial charge < -0.3 is 4.98 Å². The van der Waals surface area contributed by atoms with Crippen LogP contribution in [0.1, 0.15) is 11.3 Å². The summed E-state index contributed by atoms with van der Waals surface area (Å²) in [6, 6.07) is 5.40. The Bertz CT molecular complexity index is 475. The third kappa shape index (κ3) is 2.61. The first kappa shape index (κ1) is 10.3. The standard InChI is InChI=1S/C11H8Cl2N2/c12-9-3-1-8(11(13)5-9)2-4-10-6-14-7-15-10/h1-7H,(H,14,15)/b4-2+. The Morgan fingerprint density at radius 1 is 1.20 bits per heavy atom. The second kappa shape index (κ2) is 4.51. The van der Waals surface area contributed by atoms with Crippen molar-refractivity contribution in [1.82, 2.24) is 9.97 Å². The van der Waals surface area contributed by atoms with Crippen LogP contribution in [0, 0.1) is 0 Å². The van der Waals surface area contributed by atoms with E-state index in [9.17, 15) is 0 Å². The highest BCUT2D eigenvalue weighted by atomic mass is 35.5. The molecular formula is C11H8Cl2N2.